The van der Waals surface area contributed by atoms with Crippen molar-refractivity contribution in [1.82, 2.24) is 10.9 Å². The van der Waals surface area contributed by atoms with Crippen LogP contribution in [0.2, 0.25) is 5.02 Å². The molecule has 0 aliphatic carbocycles. The summed E-state index contributed by atoms with van der Waals surface area (Å²) in [5.41, 5.74) is 5.21. The molecule has 0 heterocycles. The van der Waals surface area contributed by atoms with Gasteiger partial charge in [-0.2, -0.15) is 0 Å². The molecule has 0 aliphatic rings. The number of ether oxygens (including phenoxy) is 2. The lowest BCUT2D eigenvalue weighted by atomic mass is 10.2. The standard InChI is InChI=1S/C17H15BrClFN2O4/c1-10-6-12(3-4-14(10)19)25-8-16(23)21-22-17(24)9-26-15-5-2-11(20)7-13(15)18/h2-7H,8-9H2,1H3,(H,21,23)(H,22,24). The topological polar surface area (TPSA) is 76.7 Å². The first-order valence-corrected chi connectivity index (χ1v) is 8.56. The number of aryl methyl sites for hydroxylation is 1. The molecule has 2 aromatic rings. The van der Waals surface area contributed by atoms with Gasteiger partial charge in [0.15, 0.2) is 13.2 Å². The summed E-state index contributed by atoms with van der Waals surface area (Å²) in [5, 5.41) is 0.599. The van der Waals surface area contributed by atoms with Crippen molar-refractivity contribution in [2.75, 3.05) is 13.2 Å². The average molecular weight is 446 g/mol. The fourth-order valence-corrected chi connectivity index (χ4v) is 2.39. The molecule has 0 unspecified atom stereocenters. The highest BCUT2D eigenvalue weighted by molar-refractivity contribution is 9.10. The number of carbonyl (C=O) groups excluding carboxylic acids is 2. The van der Waals surface area contributed by atoms with Gasteiger partial charge in [-0.15, -0.1) is 0 Å². The smallest absolute Gasteiger partial charge is 0.276 e. The lowest BCUT2D eigenvalue weighted by Crippen LogP contribution is -2.45. The first-order valence-electron chi connectivity index (χ1n) is 7.39. The number of carbonyl (C=O) groups is 2. The molecule has 138 valence electrons. The minimum absolute atomic E-state index is 0.286. The molecule has 0 aromatic heterocycles. The van der Waals surface area contributed by atoms with Crippen molar-refractivity contribution in [2.24, 2.45) is 0 Å². The van der Waals surface area contributed by atoms with Crippen molar-refractivity contribution in [3.8, 4) is 11.5 Å². The number of hydrogen-bond acceptors (Lipinski definition) is 4. The molecule has 26 heavy (non-hydrogen) atoms. The van der Waals surface area contributed by atoms with Crippen molar-refractivity contribution < 1.29 is 23.5 Å². The predicted octanol–water partition coefficient (Wildman–Crippen LogP) is 3.16. The van der Waals surface area contributed by atoms with Crippen LogP contribution in [0.5, 0.6) is 11.5 Å². The highest BCUT2D eigenvalue weighted by Crippen LogP contribution is 2.25. The summed E-state index contributed by atoms with van der Waals surface area (Å²) in [5.74, 6) is -0.783. The summed E-state index contributed by atoms with van der Waals surface area (Å²) >= 11 is 9.02. The first kappa shape index (κ1) is 20.0. The van der Waals surface area contributed by atoms with Gasteiger partial charge in [0.1, 0.15) is 17.3 Å². The second kappa shape index (κ2) is 9.40. The highest BCUT2D eigenvalue weighted by atomic mass is 79.9. The molecule has 2 amide bonds. The van der Waals surface area contributed by atoms with Crippen molar-refractivity contribution in [3.05, 3.63) is 57.3 Å². The minimum Gasteiger partial charge on any atom is -0.484 e. The second-order valence-corrected chi connectivity index (χ2v) is 6.42. The quantitative estimate of drug-likeness (QED) is 0.670. The van der Waals surface area contributed by atoms with Gasteiger partial charge in [-0.3, -0.25) is 20.4 Å². The Morgan fingerprint density at radius 1 is 1.08 bits per heavy atom. The van der Waals surface area contributed by atoms with Crippen LogP contribution >= 0.6 is 27.5 Å². The van der Waals surface area contributed by atoms with Crippen molar-refractivity contribution in [2.45, 2.75) is 6.92 Å². The van der Waals surface area contributed by atoms with E-state index >= 15 is 0 Å². The summed E-state index contributed by atoms with van der Waals surface area (Å²) in [6, 6.07) is 8.79. The molecule has 0 atom stereocenters. The Morgan fingerprint density at radius 2 is 1.73 bits per heavy atom. The summed E-state index contributed by atoms with van der Waals surface area (Å²) < 4.78 is 23.9. The van der Waals surface area contributed by atoms with E-state index in [1.54, 1.807) is 18.2 Å². The number of hydrazine groups is 1. The van der Waals surface area contributed by atoms with Crippen molar-refractivity contribution in [1.29, 1.82) is 0 Å². The third-order valence-corrected chi connectivity index (χ3v) is 4.14. The molecule has 0 spiro atoms. The fourth-order valence-electron chi connectivity index (χ4n) is 1.80. The summed E-state index contributed by atoms with van der Waals surface area (Å²) in [6.07, 6.45) is 0. The van der Waals surface area contributed by atoms with E-state index < -0.39 is 17.6 Å². The van der Waals surface area contributed by atoms with Crippen LogP contribution in [0.15, 0.2) is 40.9 Å². The lowest BCUT2D eigenvalue weighted by molar-refractivity contribution is -0.131. The van der Waals surface area contributed by atoms with Gasteiger partial charge < -0.3 is 9.47 Å². The molecule has 2 N–H and O–H groups in total. The monoisotopic (exact) mass is 444 g/mol. The average Bonchev–Trinajstić information content (AvgIpc) is 2.60. The molecule has 0 bridgehead atoms. The molecule has 0 saturated heterocycles. The Hall–Kier alpha value is -2.32. The summed E-state index contributed by atoms with van der Waals surface area (Å²) in [4.78, 5) is 23.3. The van der Waals surface area contributed by atoms with Crippen LogP contribution in [-0.4, -0.2) is 25.0 Å². The first-order chi connectivity index (χ1) is 12.3. The molecular weight excluding hydrogens is 431 g/mol. The number of amides is 2. The SMILES string of the molecule is Cc1cc(OCC(=O)NNC(=O)COc2ccc(F)cc2Br)ccc1Cl. The molecule has 6 nitrogen and oxygen atoms in total. The van der Waals surface area contributed by atoms with Crippen LogP contribution in [0.4, 0.5) is 4.39 Å². The van der Waals surface area contributed by atoms with E-state index in [-0.39, 0.29) is 13.2 Å². The number of nitrogens with one attached hydrogen (secondary N) is 2. The molecule has 0 aliphatic heterocycles. The molecular formula is C17H15BrClFN2O4. The Morgan fingerprint density at radius 3 is 2.35 bits per heavy atom. The number of benzene rings is 2. The summed E-state index contributed by atoms with van der Waals surface area (Å²) in [6.45, 7) is 1.17. The predicted molar refractivity (Wildman–Crippen MR) is 97.6 cm³/mol. The Kier molecular flexibility index (Phi) is 7.23. The van der Waals surface area contributed by atoms with E-state index in [0.717, 1.165) is 5.56 Å². The van der Waals surface area contributed by atoms with E-state index in [0.29, 0.717) is 21.0 Å². The van der Waals surface area contributed by atoms with Gasteiger partial charge in [0.05, 0.1) is 4.47 Å². The van der Waals surface area contributed by atoms with Gasteiger partial charge in [0, 0.05) is 5.02 Å². The van der Waals surface area contributed by atoms with Gasteiger partial charge >= 0.3 is 0 Å². The Bertz CT molecular complexity index is 819. The van der Waals surface area contributed by atoms with E-state index in [1.807, 2.05) is 6.92 Å². The molecule has 2 rings (SSSR count). The number of rotatable bonds is 6. The van der Waals surface area contributed by atoms with Gasteiger partial charge in [-0.25, -0.2) is 4.39 Å². The third-order valence-electron chi connectivity index (χ3n) is 3.09. The zero-order chi connectivity index (χ0) is 19.1. The van der Waals surface area contributed by atoms with Crippen LogP contribution in [0.3, 0.4) is 0 Å². The largest absolute Gasteiger partial charge is 0.484 e. The second-order valence-electron chi connectivity index (χ2n) is 5.16. The molecule has 0 saturated carbocycles. The van der Waals surface area contributed by atoms with Crippen LogP contribution in [0.1, 0.15) is 5.56 Å². The minimum atomic E-state index is -0.586. The van der Waals surface area contributed by atoms with Gasteiger partial charge in [0.2, 0.25) is 0 Å². The highest BCUT2D eigenvalue weighted by Gasteiger charge is 2.09. The number of hydrogen-bond donors (Lipinski definition) is 2. The van der Waals surface area contributed by atoms with E-state index in [2.05, 4.69) is 26.8 Å². The Balaban J connectivity index is 1.71. The number of halogens is 3. The lowest BCUT2D eigenvalue weighted by Gasteiger charge is -2.11. The van der Waals surface area contributed by atoms with Crippen LogP contribution in [0, 0.1) is 12.7 Å². The third kappa shape index (κ3) is 6.20. The van der Waals surface area contributed by atoms with Gasteiger partial charge in [-0.05, 0) is 64.8 Å². The van der Waals surface area contributed by atoms with E-state index in [1.165, 1.54) is 18.2 Å². The maximum atomic E-state index is 13.0. The fraction of sp³-hybridized carbons (Fsp3) is 0.176. The zero-order valence-corrected chi connectivity index (χ0v) is 16.0. The zero-order valence-electron chi connectivity index (χ0n) is 13.6. The molecule has 9 heteroatoms. The van der Waals surface area contributed by atoms with Gasteiger partial charge in [0.25, 0.3) is 11.8 Å². The van der Waals surface area contributed by atoms with E-state index in [4.69, 9.17) is 21.1 Å². The van der Waals surface area contributed by atoms with Crippen LogP contribution < -0.4 is 20.3 Å². The normalized spacial score (nSPS) is 10.2. The Labute approximate surface area is 162 Å². The maximum absolute atomic E-state index is 13.0. The summed E-state index contributed by atoms with van der Waals surface area (Å²) in [7, 11) is 0. The van der Waals surface area contributed by atoms with Crippen LogP contribution in [-0.2, 0) is 9.59 Å². The van der Waals surface area contributed by atoms with Crippen molar-refractivity contribution in [3.63, 3.8) is 0 Å². The van der Waals surface area contributed by atoms with Gasteiger partial charge in [-0.1, -0.05) is 11.6 Å². The molecule has 0 radical (unpaired) electrons. The molecule has 0 fully saturated rings. The molecule has 2 aromatic carbocycles. The van der Waals surface area contributed by atoms with E-state index in [9.17, 15) is 14.0 Å². The van der Waals surface area contributed by atoms with Crippen molar-refractivity contribution >= 4 is 39.3 Å². The maximum Gasteiger partial charge on any atom is 0.276 e. The van der Waals surface area contributed by atoms with Crippen LogP contribution in [0.25, 0.3) is 0 Å².